The van der Waals surface area contributed by atoms with E-state index in [0.717, 1.165) is 29.1 Å². The first-order chi connectivity index (χ1) is 11.3. The Morgan fingerprint density at radius 3 is 2.58 bits per heavy atom. The number of amides is 1. The van der Waals surface area contributed by atoms with Crippen molar-refractivity contribution in [1.82, 2.24) is 0 Å². The fourth-order valence-electron chi connectivity index (χ4n) is 2.42. The van der Waals surface area contributed by atoms with E-state index in [2.05, 4.69) is 0 Å². The minimum Gasteiger partial charge on any atom is -0.462 e. The molecular weight excluding hydrogens is 350 g/mol. The second-order valence-corrected chi connectivity index (χ2v) is 6.53. The molecule has 0 unspecified atom stereocenters. The van der Waals surface area contributed by atoms with E-state index < -0.39 is 24.2 Å². The summed E-state index contributed by atoms with van der Waals surface area (Å²) in [6.07, 6.45) is -0.653. The molecular formula is C15H17F4NO3S. The molecule has 0 spiro atoms. The Morgan fingerprint density at radius 2 is 1.96 bits per heavy atom. The van der Waals surface area contributed by atoms with Crippen LogP contribution in [0.1, 0.15) is 47.0 Å². The van der Waals surface area contributed by atoms with Crippen LogP contribution >= 0.6 is 11.3 Å². The second kappa shape index (κ2) is 7.50. The van der Waals surface area contributed by atoms with Gasteiger partial charge in [-0.05, 0) is 37.7 Å². The van der Waals surface area contributed by atoms with E-state index >= 15 is 0 Å². The van der Waals surface area contributed by atoms with Gasteiger partial charge >= 0.3 is 24.2 Å². The van der Waals surface area contributed by atoms with E-state index in [1.165, 1.54) is 0 Å². The van der Waals surface area contributed by atoms with Gasteiger partial charge in [0.2, 0.25) is 0 Å². The van der Waals surface area contributed by atoms with Gasteiger partial charge in [-0.1, -0.05) is 6.92 Å². The number of halogens is 4. The van der Waals surface area contributed by atoms with Gasteiger partial charge in [0.1, 0.15) is 5.00 Å². The smallest absolute Gasteiger partial charge is 0.383 e. The van der Waals surface area contributed by atoms with Gasteiger partial charge in [0.15, 0.2) is 0 Å². The topological polar surface area (TPSA) is 55.4 Å². The van der Waals surface area contributed by atoms with E-state index in [4.69, 9.17) is 4.74 Å². The maximum atomic E-state index is 13.2. The molecule has 1 heterocycles. The zero-order valence-corrected chi connectivity index (χ0v) is 13.8. The number of ether oxygens (including phenoxy) is 1. The van der Waals surface area contributed by atoms with Crippen LogP contribution in [0.5, 0.6) is 0 Å². The predicted molar refractivity (Wildman–Crippen MR) is 81.1 cm³/mol. The van der Waals surface area contributed by atoms with Crippen molar-refractivity contribution in [3.8, 4) is 0 Å². The van der Waals surface area contributed by atoms with Gasteiger partial charge in [0, 0.05) is 4.88 Å². The number of rotatable bonds is 6. The monoisotopic (exact) mass is 367 g/mol. The molecule has 4 nitrogen and oxygen atoms in total. The maximum absolute atomic E-state index is 13.2. The van der Waals surface area contributed by atoms with Crippen LogP contribution in [0.25, 0.3) is 0 Å². The van der Waals surface area contributed by atoms with E-state index in [9.17, 15) is 27.2 Å². The lowest BCUT2D eigenvalue weighted by molar-refractivity contribution is -0.163. The number of anilines is 1. The number of hydrogen-bond acceptors (Lipinski definition) is 4. The molecule has 0 saturated heterocycles. The van der Waals surface area contributed by atoms with Gasteiger partial charge in [0.05, 0.1) is 12.2 Å². The largest absolute Gasteiger partial charge is 0.462 e. The van der Waals surface area contributed by atoms with Crippen LogP contribution in [0.2, 0.25) is 0 Å². The van der Waals surface area contributed by atoms with Gasteiger partial charge in [0.25, 0.3) is 0 Å². The molecule has 134 valence electrons. The molecule has 24 heavy (non-hydrogen) atoms. The van der Waals surface area contributed by atoms with Crippen molar-refractivity contribution < 1.29 is 31.9 Å². The van der Waals surface area contributed by atoms with Gasteiger partial charge in [-0.25, -0.2) is 13.6 Å². The molecule has 1 amide bonds. The number of alkyl halides is 4. The Hall–Kier alpha value is -1.64. The fraction of sp³-hybridized carbons (Fsp3) is 0.600. The first-order valence-electron chi connectivity index (χ1n) is 7.58. The van der Waals surface area contributed by atoms with E-state index in [-0.39, 0.29) is 17.2 Å². The highest BCUT2D eigenvalue weighted by Crippen LogP contribution is 2.39. The summed E-state index contributed by atoms with van der Waals surface area (Å²) in [6, 6.07) is 0. The van der Waals surface area contributed by atoms with Crippen molar-refractivity contribution in [2.75, 3.05) is 11.9 Å². The van der Waals surface area contributed by atoms with E-state index in [0.29, 0.717) is 24.8 Å². The number of thiophene rings is 1. The average Bonchev–Trinajstić information content (AvgIpc) is 2.90. The predicted octanol–water partition coefficient (Wildman–Crippen LogP) is 4.03. The van der Waals surface area contributed by atoms with Crippen molar-refractivity contribution in [2.45, 2.75) is 51.4 Å². The summed E-state index contributed by atoms with van der Waals surface area (Å²) in [7, 11) is 0. The van der Waals surface area contributed by atoms with E-state index in [1.54, 1.807) is 12.2 Å². The number of esters is 1. The van der Waals surface area contributed by atoms with Crippen molar-refractivity contribution in [1.29, 1.82) is 0 Å². The summed E-state index contributed by atoms with van der Waals surface area (Å²) in [5.74, 6) is -7.68. The molecule has 0 saturated carbocycles. The molecule has 1 aromatic rings. The fourth-order valence-corrected chi connectivity index (χ4v) is 3.69. The van der Waals surface area contributed by atoms with Gasteiger partial charge in [-0.2, -0.15) is 8.78 Å². The zero-order valence-electron chi connectivity index (χ0n) is 13.0. The van der Waals surface area contributed by atoms with Crippen LogP contribution in [-0.2, 0) is 22.4 Å². The van der Waals surface area contributed by atoms with Crippen LogP contribution in [0.4, 0.5) is 22.6 Å². The molecule has 1 aliphatic carbocycles. The molecule has 0 fully saturated rings. The lowest BCUT2D eigenvalue weighted by Crippen LogP contribution is -2.41. The Morgan fingerprint density at radius 1 is 1.29 bits per heavy atom. The third-order valence-electron chi connectivity index (χ3n) is 3.62. The van der Waals surface area contributed by atoms with Crippen LogP contribution in [-0.4, -0.2) is 30.8 Å². The molecule has 0 atom stereocenters. The van der Waals surface area contributed by atoms with E-state index in [1.807, 2.05) is 0 Å². The molecule has 1 aliphatic rings. The highest BCUT2D eigenvalue weighted by atomic mass is 32.1. The highest BCUT2D eigenvalue weighted by molar-refractivity contribution is 7.17. The SMILES string of the molecule is CCCOC(=O)c1c(NC(=O)C(F)(F)C(F)F)sc2c1CCCC2. The highest BCUT2D eigenvalue weighted by Gasteiger charge is 2.49. The molecule has 0 aliphatic heterocycles. The number of fused-ring (bicyclic) bond motifs is 1. The molecule has 0 aromatic carbocycles. The Balaban J connectivity index is 2.33. The minimum absolute atomic E-state index is 0.0153. The van der Waals surface area contributed by atoms with Crippen LogP contribution in [0.15, 0.2) is 0 Å². The first kappa shape index (κ1) is 18.7. The Bertz CT molecular complexity index is 630. The van der Waals surface area contributed by atoms with Crippen LogP contribution < -0.4 is 5.32 Å². The summed E-state index contributed by atoms with van der Waals surface area (Å²) < 4.78 is 56.0. The Kier molecular flexibility index (Phi) is 5.84. The van der Waals surface area contributed by atoms with Crippen LogP contribution in [0, 0.1) is 0 Å². The standard InChI is InChI=1S/C15H17F4NO3S/c1-2-7-23-12(21)10-8-5-3-4-6-9(8)24-11(10)20-14(22)15(18,19)13(16)17/h13H,2-7H2,1H3,(H,20,22). The normalized spacial score (nSPS) is 14.4. The lowest BCUT2D eigenvalue weighted by atomic mass is 9.95. The summed E-state index contributed by atoms with van der Waals surface area (Å²) in [6.45, 7) is 1.94. The first-order valence-corrected chi connectivity index (χ1v) is 8.39. The van der Waals surface area contributed by atoms with Crippen molar-refractivity contribution in [3.05, 3.63) is 16.0 Å². The van der Waals surface area contributed by atoms with Crippen molar-refractivity contribution in [3.63, 3.8) is 0 Å². The number of hydrogen-bond donors (Lipinski definition) is 1. The van der Waals surface area contributed by atoms with Gasteiger partial charge in [-0.15, -0.1) is 11.3 Å². The summed E-state index contributed by atoms with van der Waals surface area (Å²) in [5.41, 5.74) is 0.671. The third-order valence-corrected chi connectivity index (χ3v) is 4.82. The van der Waals surface area contributed by atoms with Crippen molar-refractivity contribution >= 4 is 28.2 Å². The summed E-state index contributed by atoms with van der Waals surface area (Å²) >= 11 is 0.969. The van der Waals surface area contributed by atoms with Gasteiger partial charge < -0.3 is 10.1 Å². The summed E-state index contributed by atoms with van der Waals surface area (Å²) in [5, 5.41) is 1.65. The minimum atomic E-state index is -4.82. The third kappa shape index (κ3) is 3.71. The maximum Gasteiger partial charge on any atom is 0.383 e. The zero-order chi connectivity index (χ0) is 17.9. The average molecular weight is 367 g/mol. The molecule has 1 N–H and O–H groups in total. The molecule has 0 bridgehead atoms. The molecule has 0 radical (unpaired) electrons. The lowest BCUT2D eigenvalue weighted by Gasteiger charge is -2.15. The number of carbonyl (C=O) groups is 2. The molecule has 1 aromatic heterocycles. The number of carbonyl (C=O) groups excluding carboxylic acids is 2. The number of aryl methyl sites for hydroxylation is 1. The number of nitrogens with one attached hydrogen (secondary N) is 1. The second-order valence-electron chi connectivity index (χ2n) is 5.43. The molecule has 2 rings (SSSR count). The quantitative estimate of drug-likeness (QED) is 0.610. The van der Waals surface area contributed by atoms with Gasteiger partial charge in [-0.3, -0.25) is 4.79 Å². The van der Waals surface area contributed by atoms with Crippen LogP contribution in [0.3, 0.4) is 0 Å². The Labute approximate surface area is 140 Å². The van der Waals surface area contributed by atoms with Crippen molar-refractivity contribution in [2.24, 2.45) is 0 Å². The molecule has 9 heteroatoms. The summed E-state index contributed by atoms with van der Waals surface area (Å²) in [4.78, 5) is 24.5.